The number of aliphatic imine (C=N–C) groups is 2. The van der Waals surface area contributed by atoms with Gasteiger partial charge < -0.3 is 31.6 Å². The number of aromatic nitrogens is 3. The lowest BCUT2D eigenvalue weighted by atomic mass is 9.91. The number of likely N-dealkylation sites (N-methyl/N-ethyl adjacent to an activating group) is 2. The minimum absolute atomic E-state index is 0.0275. The largest absolute Gasteiger partial charge is 0.463 e. The zero-order valence-electron chi connectivity index (χ0n) is 38.4. The number of hydrogen-bond donors (Lipinski definition) is 4. The van der Waals surface area contributed by atoms with Gasteiger partial charge in [0, 0.05) is 55.0 Å². The lowest BCUT2D eigenvalue weighted by Crippen LogP contribution is -2.50. The Kier molecular flexibility index (Phi) is 14.9. The summed E-state index contributed by atoms with van der Waals surface area (Å²) in [5.74, 6) is 8.43. The van der Waals surface area contributed by atoms with E-state index in [2.05, 4.69) is 58.0 Å². The molecule has 2 unspecified atom stereocenters. The number of carbonyl (C=O) groups excluding carboxylic acids is 2. The van der Waals surface area contributed by atoms with E-state index in [1.54, 1.807) is 64.2 Å². The molecule has 2 aliphatic heterocycles. The highest BCUT2D eigenvalue weighted by molar-refractivity contribution is 8.00. The van der Waals surface area contributed by atoms with Crippen molar-refractivity contribution >= 4 is 66.0 Å². The molecule has 0 aliphatic carbocycles. The zero-order chi connectivity index (χ0) is 49.9. The van der Waals surface area contributed by atoms with Gasteiger partial charge in [0.25, 0.3) is 11.8 Å². The van der Waals surface area contributed by atoms with Gasteiger partial charge in [-0.05, 0) is 116 Å². The molecular weight excluding hydrogens is 912 g/mol. The number of benzene rings is 2. The molecule has 2 aromatic heterocycles. The molecule has 0 fully saturated rings. The molecule has 2 aliphatic rings. The van der Waals surface area contributed by atoms with Crippen LogP contribution in [0.3, 0.4) is 0 Å². The summed E-state index contributed by atoms with van der Waals surface area (Å²) in [6, 6.07) is 11.0. The summed E-state index contributed by atoms with van der Waals surface area (Å²) in [6.45, 7) is 9.34. The van der Waals surface area contributed by atoms with Crippen molar-refractivity contribution in [2.75, 3.05) is 51.3 Å². The quantitative estimate of drug-likeness (QED) is 0.128. The summed E-state index contributed by atoms with van der Waals surface area (Å²) in [5.41, 5.74) is 11.1. The van der Waals surface area contributed by atoms with Crippen LogP contribution in [0.2, 0.25) is 0 Å². The average molecular weight is 966 g/mol. The van der Waals surface area contributed by atoms with Gasteiger partial charge in [0.05, 0.1) is 18.6 Å². The first-order chi connectivity index (χ1) is 31.1. The van der Waals surface area contributed by atoms with Crippen molar-refractivity contribution in [1.82, 2.24) is 23.6 Å². The third kappa shape index (κ3) is 10.5. The topological polar surface area (TPSA) is 233 Å². The molecule has 22 heteroatoms. The molecule has 67 heavy (non-hydrogen) atoms. The van der Waals surface area contributed by atoms with Crippen molar-refractivity contribution in [1.29, 1.82) is 0 Å². The van der Waals surface area contributed by atoms with Crippen molar-refractivity contribution in [3.63, 3.8) is 0 Å². The summed E-state index contributed by atoms with van der Waals surface area (Å²) in [7, 11) is -2.41. The molecule has 0 saturated carbocycles. The minimum Gasteiger partial charge on any atom is -0.463 e. The van der Waals surface area contributed by atoms with E-state index in [-0.39, 0.29) is 65.5 Å². The SMILES string of the molecule is C#CCOc1cnc(C(=O)Nc2ccc(F)c([C@]3(C)CN(C)S(=C)(=O)C(C)(C)C(N)=N3)c2)cn1.C=S1(=O)N(C)C[C@@](C)(c2cc(NC(=O)c3ccc(OCF)cn3)ccc2F)N=C(N)C1(C)C. The Morgan fingerprint density at radius 3 is 1.61 bits per heavy atom. The van der Waals surface area contributed by atoms with Crippen LogP contribution in [0.1, 0.15) is 73.6 Å². The van der Waals surface area contributed by atoms with Gasteiger partial charge in [0.2, 0.25) is 12.7 Å². The first kappa shape index (κ1) is 51.4. The number of alkyl halides is 1. The number of ether oxygens (including phenoxy) is 2. The van der Waals surface area contributed by atoms with Crippen molar-refractivity contribution in [2.24, 2.45) is 21.5 Å². The molecule has 0 radical (unpaired) electrons. The lowest BCUT2D eigenvalue weighted by Gasteiger charge is -2.33. The van der Waals surface area contributed by atoms with Crippen LogP contribution in [-0.2, 0) is 30.5 Å². The number of nitrogens with zero attached hydrogens (tertiary/aromatic N) is 7. The lowest BCUT2D eigenvalue weighted by molar-refractivity contribution is 0.101. The minimum atomic E-state index is -2.85. The van der Waals surface area contributed by atoms with Gasteiger partial charge in [-0.2, -0.15) is 0 Å². The molecular formula is C45H54F3N11O6S2. The standard InChI is InChI=1S/C23H27FN6O3S.C22H27F2N5O3S/c1-7-10-33-19-13-26-18(12-27-19)20(31)28-15-8-9-17(24)16(11-15)23(4)14-30(5)34(6,32)22(2,3)21(25)29-23;1-21(2)20(25)28-22(3,12-29(4)33(21,5)31)16-10-14(6-8-17(16)24)27-19(30)18-9-7-15(11-26-18)32-13-23/h1,8-9,11-13H,6,10,14H2,2-5H3,(H2,25,29)(H,28,31);6-11H,5,12-13H2,1-4H3,(H2,25,28)(H,27,30)/t23-,34?;22-,33?/m00/s1. The average Bonchev–Trinajstić information content (AvgIpc) is 3.34. The highest BCUT2D eigenvalue weighted by Crippen LogP contribution is 2.38. The van der Waals surface area contributed by atoms with Crippen LogP contribution in [0.15, 0.2) is 77.1 Å². The first-order valence-corrected chi connectivity index (χ1v) is 23.6. The number of carbonyl (C=O) groups is 2. The molecule has 4 aromatic rings. The number of terminal acetylenes is 1. The van der Waals surface area contributed by atoms with Crippen LogP contribution in [-0.4, -0.2) is 117 Å². The van der Waals surface area contributed by atoms with Crippen molar-refractivity contribution in [2.45, 2.75) is 62.1 Å². The fraction of sp³-hybridized carbons (Fsp3) is 0.356. The summed E-state index contributed by atoms with van der Waals surface area (Å²) in [6.07, 6.45) is 8.87. The van der Waals surface area contributed by atoms with E-state index >= 15 is 0 Å². The molecule has 4 heterocycles. The summed E-state index contributed by atoms with van der Waals surface area (Å²) >= 11 is 0. The number of halogens is 3. The number of rotatable bonds is 10. The van der Waals surface area contributed by atoms with E-state index in [1.807, 2.05) is 0 Å². The van der Waals surface area contributed by atoms with Crippen LogP contribution in [0.4, 0.5) is 24.5 Å². The predicted molar refractivity (Wildman–Crippen MR) is 258 cm³/mol. The molecule has 0 saturated heterocycles. The fourth-order valence-corrected chi connectivity index (χ4v) is 10.3. The van der Waals surface area contributed by atoms with Gasteiger partial charge in [-0.15, -0.1) is 6.42 Å². The Balaban J connectivity index is 0.000000251. The number of hydrogen-bond acceptors (Lipinski definition) is 13. The van der Waals surface area contributed by atoms with E-state index < -0.39 is 70.3 Å². The maximum absolute atomic E-state index is 15.0. The smallest absolute Gasteiger partial charge is 0.275 e. The molecule has 358 valence electrons. The van der Waals surface area contributed by atoms with Gasteiger partial charge in [-0.25, -0.2) is 36.7 Å². The number of nitrogens with two attached hydrogens (primary N) is 2. The second-order valence-corrected chi connectivity index (χ2v) is 22.9. The molecule has 2 amide bonds. The van der Waals surface area contributed by atoms with Crippen LogP contribution in [0.5, 0.6) is 11.6 Å². The molecule has 6 N–H and O–H groups in total. The van der Waals surface area contributed by atoms with Gasteiger partial charge in [0.1, 0.15) is 61.0 Å². The van der Waals surface area contributed by atoms with Gasteiger partial charge in [-0.1, -0.05) is 5.92 Å². The summed E-state index contributed by atoms with van der Waals surface area (Å²) in [4.78, 5) is 46.3. The molecule has 2 aromatic carbocycles. The molecule has 6 rings (SSSR count). The number of anilines is 2. The number of nitrogens with one attached hydrogen (secondary N) is 2. The number of amides is 2. The number of pyridine rings is 1. The van der Waals surface area contributed by atoms with E-state index in [4.69, 9.17) is 22.6 Å². The summed E-state index contributed by atoms with van der Waals surface area (Å²) in [5, 5.41) is 5.33. The molecule has 4 atom stereocenters. The second-order valence-electron chi connectivity index (χ2n) is 17.1. The molecule has 0 bridgehead atoms. The van der Waals surface area contributed by atoms with E-state index in [1.165, 1.54) is 67.1 Å². The van der Waals surface area contributed by atoms with Crippen LogP contribution in [0, 0.1) is 24.0 Å². The van der Waals surface area contributed by atoms with Crippen molar-refractivity contribution in [3.8, 4) is 24.0 Å². The fourth-order valence-electron chi connectivity index (χ4n) is 7.05. The van der Waals surface area contributed by atoms with Crippen molar-refractivity contribution in [3.05, 3.63) is 101 Å². The Morgan fingerprint density at radius 1 is 0.746 bits per heavy atom. The zero-order valence-corrected chi connectivity index (χ0v) is 40.0. The maximum Gasteiger partial charge on any atom is 0.275 e. The van der Waals surface area contributed by atoms with E-state index in [0.29, 0.717) is 11.4 Å². The predicted octanol–water partition coefficient (Wildman–Crippen LogP) is 4.51. The van der Waals surface area contributed by atoms with E-state index in [9.17, 15) is 31.2 Å². The third-order valence-electron chi connectivity index (χ3n) is 11.6. The highest BCUT2D eigenvalue weighted by Gasteiger charge is 2.46. The monoisotopic (exact) mass is 965 g/mol. The molecule has 0 spiro atoms. The Morgan fingerprint density at radius 2 is 1.21 bits per heavy atom. The Labute approximate surface area is 389 Å². The van der Waals surface area contributed by atoms with Gasteiger partial charge >= 0.3 is 0 Å². The normalized spacial score (nSPS) is 24.7. The first-order valence-electron chi connectivity index (χ1n) is 20.3. The van der Waals surface area contributed by atoms with Crippen LogP contribution in [0.25, 0.3) is 0 Å². The van der Waals surface area contributed by atoms with Gasteiger partial charge in [-0.3, -0.25) is 28.0 Å². The van der Waals surface area contributed by atoms with Crippen molar-refractivity contribution < 1.29 is 40.7 Å². The number of amidine groups is 2. The highest BCUT2D eigenvalue weighted by atomic mass is 32.2. The van der Waals surface area contributed by atoms with Gasteiger partial charge in [0.15, 0.2) is 6.61 Å². The second kappa shape index (κ2) is 19.4. The third-order valence-corrected chi connectivity index (χ3v) is 17.5. The van der Waals surface area contributed by atoms with E-state index in [0.717, 1.165) is 0 Å². The Bertz CT molecular complexity index is 2870. The van der Waals surface area contributed by atoms with Crippen LogP contribution < -0.4 is 31.6 Å². The Hall–Kier alpha value is -6.54. The van der Waals surface area contributed by atoms with Crippen LogP contribution >= 0.6 is 0 Å². The molecule has 17 nitrogen and oxygen atoms in total. The summed E-state index contributed by atoms with van der Waals surface area (Å²) < 4.78 is 79.7. The maximum atomic E-state index is 15.0.